The van der Waals surface area contributed by atoms with Gasteiger partial charge in [-0.2, -0.15) is 0 Å². The quantitative estimate of drug-likeness (QED) is 0.581. The number of rotatable bonds is 5. The van der Waals surface area contributed by atoms with Crippen LogP contribution < -0.4 is 15.2 Å². The van der Waals surface area contributed by atoms with E-state index < -0.39 is 5.97 Å². The highest BCUT2D eigenvalue weighted by atomic mass is 16.5. The molecule has 31 heavy (non-hydrogen) atoms. The molecule has 1 aromatic heterocycles. The van der Waals surface area contributed by atoms with Crippen LogP contribution in [0.5, 0.6) is 5.75 Å². The lowest BCUT2D eigenvalue weighted by Crippen LogP contribution is -2.33. The van der Waals surface area contributed by atoms with Gasteiger partial charge in [-0.05, 0) is 62.2 Å². The summed E-state index contributed by atoms with van der Waals surface area (Å²) in [5.41, 5.74) is 1.45. The maximum atomic E-state index is 13.6. The van der Waals surface area contributed by atoms with E-state index in [-0.39, 0.29) is 5.56 Å². The van der Waals surface area contributed by atoms with Crippen molar-refractivity contribution in [1.29, 1.82) is 0 Å². The first-order valence-corrected chi connectivity index (χ1v) is 10.8. The largest absolute Gasteiger partial charge is 0.494 e. The molecule has 0 radical (unpaired) electrons. The highest BCUT2D eigenvalue weighted by molar-refractivity contribution is 5.94. The summed E-state index contributed by atoms with van der Waals surface area (Å²) in [6.45, 7) is 4.20. The van der Waals surface area contributed by atoms with E-state index >= 15 is 0 Å². The SMILES string of the molecule is CCOc1ccc(-n2c(N3CCCCCC3)nc3cc(C(=O)OC)ccc3c2=O)cc1. The molecule has 0 spiro atoms. The Morgan fingerprint density at radius 1 is 1.03 bits per heavy atom. The smallest absolute Gasteiger partial charge is 0.337 e. The molecule has 0 atom stereocenters. The number of hydrogen-bond acceptors (Lipinski definition) is 6. The highest BCUT2D eigenvalue weighted by Crippen LogP contribution is 2.24. The second-order valence-corrected chi connectivity index (χ2v) is 7.60. The average Bonchev–Trinajstić information content (AvgIpc) is 3.08. The number of carbonyl (C=O) groups excluding carboxylic acids is 1. The normalized spacial score (nSPS) is 14.3. The minimum Gasteiger partial charge on any atom is -0.494 e. The number of esters is 1. The van der Waals surface area contributed by atoms with E-state index in [2.05, 4.69) is 4.90 Å². The lowest BCUT2D eigenvalue weighted by molar-refractivity contribution is 0.0601. The summed E-state index contributed by atoms with van der Waals surface area (Å²) in [6, 6.07) is 12.4. The number of anilines is 1. The molecule has 4 rings (SSSR count). The summed E-state index contributed by atoms with van der Waals surface area (Å²) >= 11 is 0. The minimum absolute atomic E-state index is 0.162. The third kappa shape index (κ3) is 4.26. The Hall–Kier alpha value is -3.35. The molecule has 1 aliphatic rings. The molecule has 7 nitrogen and oxygen atoms in total. The van der Waals surface area contributed by atoms with E-state index in [4.69, 9.17) is 14.5 Å². The van der Waals surface area contributed by atoms with Crippen molar-refractivity contribution in [3.05, 3.63) is 58.4 Å². The maximum Gasteiger partial charge on any atom is 0.337 e. The van der Waals surface area contributed by atoms with Gasteiger partial charge in [0.05, 0.1) is 35.9 Å². The molecular formula is C24H27N3O4. The number of fused-ring (bicyclic) bond motifs is 1. The lowest BCUT2D eigenvalue weighted by Gasteiger charge is -2.25. The molecule has 1 fully saturated rings. The first-order chi connectivity index (χ1) is 15.1. The molecule has 2 aromatic carbocycles. The van der Waals surface area contributed by atoms with Crippen molar-refractivity contribution in [3.63, 3.8) is 0 Å². The van der Waals surface area contributed by atoms with Gasteiger partial charge in [-0.3, -0.25) is 4.79 Å². The summed E-state index contributed by atoms with van der Waals surface area (Å²) in [7, 11) is 1.34. The number of carbonyl (C=O) groups is 1. The molecule has 0 saturated carbocycles. The van der Waals surface area contributed by atoms with Crippen molar-refractivity contribution < 1.29 is 14.3 Å². The highest BCUT2D eigenvalue weighted by Gasteiger charge is 2.20. The molecular weight excluding hydrogens is 394 g/mol. The topological polar surface area (TPSA) is 73.7 Å². The fraction of sp³-hybridized carbons (Fsp3) is 0.375. The number of aromatic nitrogens is 2. The summed E-state index contributed by atoms with van der Waals surface area (Å²) in [4.78, 5) is 32.6. The second kappa shape index (κ2) is 9.20. The summed E-state index contributed by atoms with van der Waals surface area (Å²) in [5, 5.41) is 0.458. The van der Waals surface area contributed by atoms with Crippen LogP contribution in [0, 0.1) is 0 Å². The van der Waals surface area contributed by atoms with E-state index in [1.54, 1.807) is 22.8 Å². The number of benzene rings is 2. The zero-order valence-electron chi connectivity index (χ0n) is 18.0. The predicted molar refractivity (Wildman–Crippen MR) is 121 cm³/mol. The van der Waals surface area contributed by atoms with Crippen LogP contribution in [0.4, 0.5) is 5.95 Å². The van der Waals surface area contributed by atoms with Crippen molar-refractivity contribution in [2.75, 3.05) is 31.7 Å². The van der Waals surface area contributed by atoms with Gasteiger partial charge in [-0.25, -0.2) is 14.3 Å². The Labute approximate surface area is 181 Å². The zero-order chi connectivity index (χ0) is 21.8. The van der Waals surface area contributed by atoms with Gasteiger partial charge in [-0.15, -0.1) is 0 Å². The van der Waals surface area contributed by atoms with Crippen molar-refractivity contribution in [3.8, 4) is 11.4 Å². The average molecular weight is 421 g/mol. The first kappa shape index (κ1) is 20.9. The van der Waals surface area contributed by atoms with Gasteiger partial charge in [0.1, 0.15) is 5.75 Å². The molecule has 3 aromatic rings. The van der Waals surface area contributed by atoms with Gasteiger partial charge in [0.15, 0.2) is 0 Å². The van der Waals surface area contributed by atoms with Gasteiger partial charge in [-0.1, -0.05) is 12.8 Å². The van der Waals surface area contributed by atoms with Crippen molar-refractivity contribution in [2.24, 2.45) is 0 Å². The zero-order valence-corrected chi connectivity index (χ0v) is 18.0. The number of hydrogen-bond donors (Lipinski definition) is 0. The third-order valence-electron chi connectivity index (χ3n) is 5.57. The van der Waals surface area contributed by atoms with Crippen LogP contribution >= 0.6 is 0 Å². The van der Waals surface area contributed by atoms with Gasteiger partial charge >= 0.3 is 5.97 Å². The Bertz CT molecular complexity index is 1130. The van der Waals surface area contributed by atoms with E-state index in [9.17, 15) is 9.59 Å². The van der Waals surface area contributed by atoms with Gasteiger partial charge < -0.3 is 14.4 Å². The lowest BCUT2D eigenvalue weighted by atomic mass is 10.1. The van der Waals surface area contributed by atoms with Crippen LogP contribution in [0.1, 0.15) is 43.0 Å². The van der Waals surface area contributed by atoms with Crippen LogP contribution in [0.3, 0.4) is 0 Å². The fourth-order valence-electron chi connectivity index (χ4n) is 3.99. The monoisotopic (exact) mass is 421 g/mol. The Kier molecular flexibility index (Phi) is 6.21. The molecule has 0 unspecified atom stereocenters. The van der Waals surface area contributed by atoms with Crippen LogP contribution in [0.25, 0.3) is 16.6 Å². The van der Waals surface area contributed by atoms with E-state index in [0.29, 0.717) is 29.0 Å². The molecule has 0 amide bonds. The number of methoxy groups -OCH3 is 1. The molecule has 0 N–H and O–H groups in total. The fourth-order valence-corrected chi connectivity index (χ4v) is 3.99. The summed E-state index contributed by atoms with van der Waals surface area (Å²) in [6.07, 6.45) is 4.45. The van der Waals surface area contributed by atoms with Crippen molar-refractivity contribution >= 4 is 22.8 Å². The standard InChI is InChI=1S/C24H27N3O4/c1-3-31-19-11-9-18(10-12-19)27-22(28)20-13-8-17(23(29)30-2)16-21(20)25-24(27)26-14-6-4-5-7-15-26/h8-13,16H,3-7,14-15H2,1-2H3. The molecule has 1 saturated heterocycles. The second-order valence-electron chi connectivity index (χ2n) is 7.60. The van der Waals surface area contributed by atoms with Crippen LogP contribution in [0.15, 0.2) is 47.3 Å². The number of ether oxygens (including phenoxy) is 2. The Morgan fingerprint density at radius 3 is 2.39 bits per heavy atom. The van der Waals surface area contributed by atoms with Gasteiger partial charge in [0, 0.05) is 13.1 Å². The maximum absolute atomic E-state index is 13.6. The van der Waals surface area contributed by atoms with Crippen LogP contribution in [0.2, 0.25) is 0 Å². The summed E-state index contributed by atoms with van der Waals surface area (Å²) < 4.78 is 12.0. The van der Waals surface area contributed by atoms with Crippen molar-refractivity contribution in [1.82, 2.24) is 9.55 Å². The van der Waals surface area contributed by atoms with Gasteiger partial charge in [0.2, 0.25) is 5.95 Å². The molecule has 162 valence electrons. The molecule has 2 heterocycles. The molecule has 1 aliphatic heterocycles. The summed E-state index contributed by atoms with van der Waals surface area (Å²) in [5.74, 6) is 0.911. The predicted octanol–water partition coefficient (Wildman–Crippen LogP) is 3.95. The van der Waals surface area contributed by atoms with E-state index in [0.717, 1.165) is 37.4 Å². The third-order valence-corrected chi connectivity index (χ3v) is 5.57. The molecule has 0 bridgehead atoms. The Balaban J connectivity index is 1.91. The van der Waals surface area contributed by atoms with Crippen LogP contribution in [-0.2, 0) is 4.74 Å². The van der Waals surface area contributed by atoms with E-state index in [1.807, 2.05) is 31.2 Å². The molecule has 0 aliphatic carbocycles. The Morgan fingerprint density at radius 2 is 1.74 bits per heavy atom. The van der Waals surface area contributed by atoms with Crippen molar-refractivity contribution in [2.45, 2.75) is 32.6 Å². The van der Waals surface area contributed by atoms with Crippen LogP contribution in [-0.4, -0.2) is 42.3 Å². The minimum atomic E-state index is -0.448. The number of nitrogens with zero attached hydrogens (tertiary/aromatic N) is 3. The first-order valence-electron chi connectivity index (χ1n) is 10.8. The van der Waals surface area contributed by atoms with Gasteiger partial charge in [0.25, 0.3) is 5.56 Å². The van der Waals surface area contributed by atoms with E-state index in [1.165, 1.54) is 20.0 Å². The molecule has 7 heteroatoms.